The van der Waals surface area contributed by atoms with Gasteiger partial charge in [-0.05, 0) is 52.8 Å². The number of hydrogen-bond acceptors (Lipinski definition) is 0. The Morgan fingerprint density at radius 2 is 2.33 bits per heavy atom. The molecule has 0 bridgehead atoms. The molecule has 1 radical (unpaired) electrons. The maximum Gasteiger partial charge on any atom is 0.0136 e. The van der Waals surface area contributed by atoms with E-state index in [4.69, 9.17) is 0 Å². The van der Waals surface area contributed by atoms with Crippen LogP contribution >= 0.6 is 22.6 Å². The first-order chi connectivity index (χ1) is 4.33. The minimum atomic E-state index is 1.08. The molecule has 0 unspecified atom stereocenters. The Morgan fingerprint density at radius 1 is 1.56 bits per heavy atom. The molecule has 9 heavy (non-hydrogen) atoms. The molecule has 0 aliphatic carbocycles. The van der Waals surface area contributed by atoms with Gasteiger partial charge in [-0.25, -0.2) is 0 Å². The lowest BCUT2D eigenvalue weighted by atomic mass is 10.2. The van der Waals surface area contributed by atoms with Crippen molar-refractivity contribution in [1.82, 2.24) is 0 Å². The Kier molecular flexibility index (Phi) is 2.51. The van der Waals surface area contributed by atoms with Crippen LogP contribution < -0.4 is 0 Å². The Morgan fingerprint density at radius 3 is 2.78 bits per heavy atom. The second kappa shape index (κ2) is 3.20. The van der Waals surface area contributed by atoms with E-state index in [-0.39, 0.29) is 0 Å². The topological polar surface area (TPSA) is 0 Å². The number of rotatable bonds is 1. The average Bonchev–Trinajstić information content (AvgIpc) is 1.90. The molecule has 0 saturated heterocycles. The van der Waals surface area contributed by atoms with Gasteiger partial charge in [0.1, 0.15) is 0 Å². The summed E-state index contributed by atoms with van der Waals surface area (Å²) >= 11 is 2.28. The fraction of sp³-hybridized carbons (Fsp3) is 0.250. The monoisotopic (exact) mass is 231 g/mol. The van der Waals surface area contributed by atoms with Crippen LogP contribution in [0.25, 0.3) is 0 Å². The number of hydrogen-bond donors (Lipinski definition) is 0. The molecule has 0 aliphatic rings. The van der Waals surface area contributed by atoms with E-state index < -0.39 is 0 Å². The van der Waals surface area contributed by atoms with Crippen LogP contribution in [0.3, 0.4) is 0 Å². The Bertz CT molecular complexity index is 176. The van der Waals surface area contributed by atoms with Crippen molar-refractivity contribution in [1.29, 1.82) is 0 Å². The van der Waals surface area contributed by atoms with E-state index in [1.165, 1.54) is 9.13 Å². The maximum atomic E-state index is 3.18. The van der Waals surface area contributed by atoms with Gasteiger partial charge in [-0.2, -0.15) is 0 Å². The van der Waals surface area contributed by atoms with E-state index in [2.05, 4.69) is 47.7 Å². The van der Waals surface area contributed by atoms with Gasteiger partial charge in [-0.3, -0.25) is 0 Å². The summed E-state index contributed by atoms with van der Waals surface area (Å²) in [7, 11) is 0. The number of halogens is 1. The van der Waals surface area contributed by atoms with Crippen molar-refractivity contribution >= 4 is 22.6 Å². The zero-order chi connectivity index (χ0) is 6.69. The molecule has 1 rings (SSSR count). The van der Waals surface area contributed by atoms with Crippen LogP contribution in [0.4, 0.5) is 0 Å². The lowest BCUT2D eigenvalue weighted by molar-refractivity contribution is 1.13. The zero-order valence-electron chi connectivity index (χ0n) is 5.32. The SMILES string of the molecule is CCc1[c]cc(I)cc1. The Labute approximate surface area is 69.4 Å². The van der Waals surface area contributed by atoms with Gasteiger partial charge < -0.3 is 0 Å². The van der Waals surface area contributed by atoms with Gasteiger partial charge in [-0.1, -0.05) is 13.0 Å². The molecule has 47 valence electrons. The quantitative estimate of drug-likeness (QED) is 0.652. The molecule has 0 N–H and O–H groups in total. The van der Waals surface area contributed by atoms with Gasteiger partial charge in [0.25, 0.3) is 0 Å². The summed E-state index contributed by atoms with van der Waals surface area (Å²) in [5.41, 5.74) is 1.29. The molecule has 1 heteroatoms. The van der Waals surface area contributed by atoms with Gasteiger partial charge in [0, 0.05) is 3.57 Å². The second-order valence-electron chi connectivity index (χ2n) is 1.89. The van der Waals surface area contributed by atoms with Gasteiger partial charge >= 0.3 is 0 Å². The van der Waals surface area contributed by atoms with Crippen molar-refractivity contribution in [3.63, 3.8) is 0 Å². The molecule has 0 aliphatic heterocycles. The molecule has 0 nitrogen and oxygen atoms in total. The lowest BCUT2D eigenvalue weighted by Crippen LogP contribution is -1.78. The van der Waals surface area contributed by atoms with E-state index in [1.54, 1.807) is 0 Å². The smallest absolute Gasteiger partial charge is 0.0136 e. The van der Waals surface area contributed by atoms with Crippen LogP contribution in [0.15, 0.2) is 18.2 Å². The van der Waals surface area contributed by atoms with Crippen molar-refractivity contribution in [2.45, 2.75) is 13.3 Å². The molecule has 0 spiro atoms. The predicted octanol–water partition coefficient (Wildman–Crippen LogP) is 2.65. The van der Waals surface area contributed by atoms with Crippen LogP contribution in [0.2, 0.25) is 0 Å². The zero-order valence-corrected chi connectivity index (χ0v) is 7.47. The highest BCUT2D eigenvalue weighted by Crippen LogP contribution is 2.05. The molecular weight excluding hydrogens is 223 g/mol. The van der Waals surface area contributed by atoms with E-state index in [9.17, 15) is 0 Å². The molecule has 0 fully saturated rings. The molecule has 1 aromatic carbocycles. The van der Waals surface area contributed by atoms with Crippen molar-refractivity contribution in [3.05, 3.63) is 33.4 Å². The van der Waals surface area contributed by atoms with Crippen molar-refractivity contribution in [2.75, 3.05) is 0 Å². The Balaban J connectivity index is 2.88. The maximum absolute atomic E-state index is 3.18. The minimum absolute atomic E-state index is 1.08. The first-order valence-corrected chi connectivity index (χ1v) is 4.07. The van der Waals surface area contributed by atoms with Gasteiger partial charge in [0.05, 0.1) is 0 Å². The third kappa shape index (κ3) is 1.97. The highest BCUT2D eigenvalue weighted by molar-refractivity contribution is 14.1. The standard InChI is InChI=1S/C8H8I/c1-2-7-3-5-8(9)6-4-7/h3,5-6H,2H2,1H3. The summed E-state index contributed by atoms with van der Waals surface area (Å²) in [6.07, 6.45) is 1.08. The fourth-order valence-electron chi connectivity index (χ4n) is 0.658. The third-order valence-corrected chi connectivity index (χ3v) is 1.89. The minimum Gasteiger partial charge on any atom is -0.0613 e. The second-order valence-corrected chi connectivity index (χ2v) is 3.13. The lowest BCUT2D eigenvalue weighted by Gasteiger charge is -1.92. The van der Waals surface area contributed by atoms with Gasteiger partial charge in [-0.15, -0.1) is 0 Å². The van der Waals surface area contributed by atoms with E-state index in [1.807, 2.05) is 6.07 Å². The first-order valence-electron chi connectivity index (χ1n) is 2.99. The van der Waals surface area contributed by atoms with Crippen molar-refractivity contribution < 1.29 is 0 Å². The summed E-state index contributed by atoms with van der Waals surface area (Å²) in [6.45, 7) is 2.14. The van der Waals surface area contributed by atoms with E-state index in [0.717, 1.165) is 6.42 Å². The van der Waals surface area contributed by atoms with Crippen LogP contribution in [0.5, 0.6) is 0 Å². The normalized spacial score (nSPS) is 9.56. The molecule has 0 atom stereocenters. The van der Waals surface area contributed by atoms with Crippen LogP contribution in [0, 0.1) is 9.64 Å². The summed E-state index contributed by atoms with van der Waals surface area (Å²) in [5, 5.41) is 0. The summed E-state index contributed by atoms with van der Waals surface area (Å²) in [4.78, 5) is 0. The number of aryl methyl sites for hydroxylation is 1. The van der Waals surface area contributed by atoms with Crippen molar-refractivity contribution in [3.8, 4) is 0 Å². The largest absolute Gasteiger partial charge is 0.0613 e. The fourth-order valence-corrected chi connectivity index (χ4v) is 0.993. The molecule has 0 saturated carbocycles. The summed E-state index contributed by atoms with van der Waals surface area (Å²) < 4.78 is 1.25. The van der Waals surface area contributed by atoms with E-state index in [0.29, 0.717) is 0 Å². The third-order valence-electron chi connectivity index (χ3n) is 1.22. The molecule has 0 heterocycles. The van der Waals surface area contributed by atoms with Crippen LogP contribution in [-0.4, -0.2) is 0 Å². The molecule has 0 amide bonds. The van der Waals surface area contributed by atoms with Crippen LogP contribution in [-0.2, 0) is 6.42 Å². The summed E-state index contributed by atoms with van der Waals surface area (Å²) in [6, 6.07) is 9.41. The predicted molar refractivity (Wildman–Crippen MR) is 47.4 cm³/mol. The highest BCUT2D eigenvalue weighted by atomic mass is 127. The Hall–Kier alpha value is -0.0500. The average molecular weight is 231 g/mol. The van der Waals surface area contributed by atoms with Gasteiger partial charge in [0.15, 0.2) is 0 Å². The molecular formula is C8H8I. The first kappa shape index (κ1) is 7.06. The number of benzene rings is 1. The molecule has 1 aromatic rings. The van der Waals surface area contributed by atoms with E-state index >= 15 is 0 Å². The molecule has 0 aromatic heterocycles. The van der Waals surface area contributed by atoms with Crippen LogP contribution in [0.1, 0.15) is 12.5 Å². The summed E-state index contributed by atoms with van der Waals surface area (Å²) in [5.74, 6) is 0. The highest BCUT2D eigenvalue weighted by Gasteiger charge is 1.86. The van der Waals surface area contributed by atoms with Crippen molar-refractivity contribution in [2.24, 2.45) is 0 Å². The van der Waals surface area contributed by atoms with Gasteiger partial charge in [0.2, 0.25) is 0 Å².